The van der Waals surface area contributed by atoms with Crippen molar-refractivity contribution in [1.82, 2.24) is 0 Å². The van der Waals surface area contributed by atoms with Gasteiger partial charge in [-0.05, 0) is 13.8 Å². The predicted molar refractivity (Wildman–Crippen MR) is 80.9 cm³/mol. The number of nitrogens with zero attached hydrogens (tertiary/aromatic N) is 2. The Morgan fingerprint density at radius 2 is 1.41 bits per heavy atom. The Balaban J connectivity index is 3.75. The van der Waals surface area contributed by atoms with Gasteiger partial charge in [-0.3, -0.25) is 10.2 Å². The normalized spacial score (nSPS) is 11.7. The number of hydrogen-bond donors (Lipinski definition) is 3. The third kappa shape index (κ3) is 11.3. The highest BCUT2D eigenvalue weighted by Gasteiger charge is 2.03. The minimum absolute atomic E-state index is 0.00738. The topological polar surface area (TPSA) is 155 Å². The van der Waals surface area contributed by atoms with Crippen molar-refractivity contribution in [3.05, 3.63) is 0 Å². The van der Waals surface area contributed by atoms with Crippen LogP contribution in [0.5, 0.6) is 0 Å². The van der Waals surface area contributed by atoms with Crippen LogP contribution in [0.2, 0.25) is 0 Å². The largest absolute Gasteiger partial charge is 0.476 e. The molecule has 0 fully saturated rings. The maximum atomic E-state index is 11.3. The van der Waals surface area contributed by atoms with Crippen LogP contribution in [0.1, 0.15) is 13.8 Å². The van der Waals surface area contributed by atoms with Crippen molar-refractivity contribution in [3.8, 4) is 0 Å². The van der Waals surface area contributed by atoms with E-state index in [9.17, 15) is 4.79 Å². The van der Waals surface area contributed by atoms with Crippen LogP contribution in [0.15, 0.2) is 9.98 Å². The molecule has 22 heavy (non-hydrogen) atoms. The van der Waals surface area contributed by atoms with Crippen molar-refractivity contribution in [1.29, 1.82) is 5.41 Å². The molecule has 0 aliphatic heterocycles. The van der Waals surface area contributed by atoms with Gasteiger partial charge in [0.05, 0.1) is 13.2 Å². The number of rotatable bonds is 9. The van der Waals surface area contributed by atoms with E-state index in [1.54, 1.807) is 13.8 Å². The van der Waals surface area contributed by atoms with Gasteiger partial charge in [0, 0.05) is 0 Å². The molecular formula is C12H23N5O5. The van der Waals surface area contributed by atoms with E-state index in [1.165, 1.54) is 0 Å². The van der Waals surface area contributed by atoms with Crippen LogP contribution in [0, 0.1) is 5.41 Å². The second-order valence-corrected chi connectivity index (χ2v) is 3.67. The van der Waals surface area contributed by atoms with Crippen LogP contribution in [0.3, 0.4) is 0 Å². The van der Waals surface area contributed by atoms with Crippen LogP contribution in [0.4, 0.5) is 0 Å². The van der Waals surface area contributed by atoms with Gasteiger partial charge in [0.25, 0.3) is 12.0 Å². The van der Waals surface area contributed by atoms with Gasteiger partial charge in [0.15, 0.2) is 0 Å². The monoisotopic (exact) mass is 317 g/mol. The molecule has 0 aromatic heterocycles. The Morgan fingerprint density at radius 3 is 1.95 bits per heavy atom. The van der Waals surface area contributed by atoms with Crippen LogP contribution in [-0.4, -0.2) is 63.4 Å². The lowest BCUT2D eigenvalue weighted by Crippen LogP contribution is -2.21. The van der Waals surface area contributed by atoms with Crippen LogP contribution >= 0.6 is 0 Å². The number of nitrogens with one attached hydrogen (secondary N) is 1. The third-order valence-corrected chi connectivity index (χ3v) is 1.95. The minimum Gasteiger partial charge on any atom is -0.476 e. The molecule has 0 heterocycles. The smallest absolute Gasteiger partial charge is 0.328 e. The zero-order valence-electron chi connectivity index (χ0n) is 12.8. The lowest BCUT2D eigenvalue weighted by atomic mass is 10.6. The van der Waals surface area contributed by atoms with Gasteiger partial charge in [0.2, 0.25) is 5.90 Å². The summed E-state index contributed by atoms with van der Waals surface area (Å²) in [5, 5.41) is 7.45. The van der Waals surface area contributed by atoms with Crippen molar-refractivity contribution in [2.75, 3.05) is 39.5 Å². The molecule has 0 unspecified atom stereocenters. The molecule has 0 radical (unpaired) electrons. The molecule has 0 amide bonds. The van der Waals surface area contributed by atoms with Crippen molar-refractivity contribution >= 4 is 23.9 Å². The van der Waals surface area contributed by atoms with Crippen LogP contribution < -0.4 is 11.5 Å². The van der Waals surface area contributed by atoms with Crippen molar-refractivity contribution in [3.63, 3.8) is 0 Å². The Labute approximate surface area is 129 Å². The molecule has 0 aliphatic carbocycles. The van der Waals surface area contributed by atoms with Crippen LogP contribution in [-0.2, 0) is 23.7 Å². The number of ether oxygens (including phenoxy) is 4. The second kappa shape index (κ2) is 12.2. The Hall–Kier alpha value is -2.52. The molecule has 0 saturated carbocycles. The number of esters is 1. The summed E-state index contributed by atoms with van der Waals surface area (Å²) in [6.45, 7) is 4.01. The SMILES string of the molecule is CCOC(N)=NCC(=N)OCCOC(=O)CN=C(N)OCC. The number of carbonyl (C=O) groups is 1. The highest BCUT2D eigenvalue weighted by molar-refractivity contribution is 5.79. The van der Waals surface area contributed by atoms with Gasteiger partial charge in [-0.15, -0.1) is 0 Å². The molecule has 126 valence electrons. The van der Waals surface area contributed by atoms with E-state index >= 15 is 0 Å². The van der Waals surface area contributed by atoms with Gasteiger partial charge >= 0.3 is 5.97 Å². The standard InChI is InChI=1S/C12H23N5O5/c1-3-19-11(14)16-7-9(13)21-5-6-22-10(18)8-17-12(15)20-4-2/h13H,3-8H2,1-2H3,(H2,14,16)(H2,15,17). The second-order valence-electron chi connectivity index (χ2n) is 3.67. The zero-order chi connectivity index (χ0) is 16.8. The van der Waals surface area contributed by atoms with Gasteiger partial charge < -0.3 is 30.4 Å². The maximum Gasteiger partial charge on any atom is 0.328 e. The molecule has 0 aromatic rings. The fraction of sp³-hybridized carbons (Fsp3) is 0.667. The van der Waals surface area contributed by atoms with E-state index < -0.39 is 5.97 Å². The molecule has 0 atom stereocenters. The third-order valence-electron chi connectivity index (χ3n) is 1.95. The summed E-state index contributed by atoms with van der Waals surface area (Å²) in [5.41, 5.74) is 10.7. The molecule has 0 rings (SSSR count). The average molecular weight is 317 g/mol. The predicted octanol–water partition coefficient (Wildman–Crippen LogP) is -0.774. The summed E-state index contributed by atoms with van der Waals surface area (Å²) in [4.78, 5) is 18.7. The fourth-order valence-corrected chi connectivity index (χ4v) is 1.09. The van der Waals surface area contributed by atoms with E-state index in [4.69, 9.17) is 35.8 Å². The Bertz CT molecular complexity index is 373. The highest BCUT2D eigenvalue weighted by atomic mass is 16.6. The molecule has 0 aromatic carbocycles. The number of amidine groups is 2. The lowest BCUT2D eigenvalue weighted by Gasteiger charge is -2.07. The zero-order valence-corrected chi connectivity index (χ0v) is 12.8. The number of aliphatic imine (C=N–C) groups is 2. The first-order valence-corrected chi connectivity index (χ1v) is 6.70. The molecule has 0 bridgehead atoms. The van der Waals surface area contributed by atoms with Gasteiger partial charge in [-0.25, -0.2) is 9.98 Å². The lowest BCUT2D eigenvalue weighted by molar-refractivity contribution is -0.142. The highest BCUT2D eigenvalue weighted by Crippen LogP contribution is 1.87. The fourth-order valence-electron chi connectivity index (χ4n) is 1.09. The summed E-state index contributed by atoms with van der Waals surface area (Å²) in [5.74, 6) is -0.686. The molecule has 0 spiro atoms. The molecule has 5 N–H and O–H groups in total. The van der Waals surface area contributed by atoms with E-state index in [0.717, 1.165) is 0 Å². The van der Waals surface area contributed by atoms with E-state index in [1.807, 2.05) is 0 Å². The first kappa shape index (κ1) is 19.5. The molecule has 0 saturated heterocycles. The molecule has 10 nitrogen and oxygen atoms in total. The van der Waals surface area contributed by atoms with E-state index in [-0.39, 0.29) is 44.2 Å². The molecular weight excluding hydrogens is 294 g/mol. The Kier molecular flexibility index (Phi) is 10.8. The van der Waals surface area contributed by atoms with E-state index in [0.29, 0.717) is 13.2 Å². The number of nitrogens with two attached hydrogens (primary N) is 2. The summed E-state index contributed by atoms with van der Waals surface area (Å²) in [6.07, 6.45) is 0. The Morgan fingerprint density at radius 1 is 0.909 bits per heavy atom. The minimum atomic E-state index is -0.573. The first-order chi connectivity index (χ1) is 10.5. The first-order valence-electron chi connectivity index (χ1n) is 6.70. The van der Waals surface area contributed by atoms with Gasteiger partial charge in [0.1, 0.15) is 26.3 Å². The molecule has 10 heteroatoms. The summed E-state index contributed by atoms with van der Waals surface area (Å²) < 4.78 is 19.5. The average Bonchev–Trinajstić information content (AvgIpc) is 2.48. The van der Waals surface area contributed by atoms with Crippen molar-refractivity contribution in [2.45, 2.75) is 13.8 Å². The number of hydrogen-bond acceptors (Lipinski definition) is 8. The summed E-state index contributed by atoms with van der Waals surface area (Å²) in [7, 11) is 0. The van der Waals surface area contributed by atoms with Crippen molar-refractivity contribution in [2.24, 2.45) is 21.5 Å². The van der Waals surface area contributed by atoms with E-state index in [2.05, 4.69) is 9.98 Å². The van der Waals surface area contributed by atoms with Gasteiger partial charge in [-0.2, -0.15) is 0 Å². The summed E-state index contributed by atoms with van der Waals surface area (Å²) in [6, 6.07) is -0.0748. The quantitative estimate of drug-likeness (QED) is 0.218. The summed E-state index contributed by atoms with van der Waals surface area (Å²) >= 11 is 0. The van der Waals surface area contributed by atoms with Crippen LogP contribution in [0.25, 0.3) is 0 Å². The molecule has 0 aliphatic rings. The maximum absolute atomic E-state index is 11.3. The van der Waals surface area contributed by atoms with Gasteiger partial charge in [-0.1, -0.05) is 0 Å². The number of carbonyl (C=O) groups excluding carboxylic acids is 1. The van der Waals surface area contributed by atoms with Crippen molar-refractivity contribution < 1.29 is 23.7 Å².